The predicted molar refractivity (Wildman–Crippen MR) is 67.1 cm³/mol. The first-order chi connectivity index (χ1) is 8.11. The molecule has 17 heavy (non-hydrogen) atoms. The summed E-state index contributed by atoms with van der Waals surface area (Å²) in [5.74, 6) is 2.84. The normalized spacial score (nSPS) is 9.94. The number of nitrogens with zero attached hydrogens (tertiary/aromatic N) is 3. The lowest BCUT2D eigenvalue weighted by molar-refractivity contribution is 1.10. The van der Waals surface area contributed by atoms with Crippen LogP contribution in [0.5, 0.6) is 0 Å². The van der Waals surface area contributed by atoms with Gasteiger partial charge in [-0.05, 0) is 26.0 Å². The van der Waals surface area contributed by atoms with E-state index in [0.717, 1.165) is 11.3 Å². The summed E-state index contributed by atoms with van der Waals surface area (Å²) in [6.07, 6.45) is 7.21. The van der Waals surface area contributed by atoms with Gasteiger partial charge in [0, 0.05) is 17.5 Å². The van der Waals surface area contributed by atoms with Gasteiger partial charge in [0.05, 0.1) is 17.0 Å². The fourth-order valence-electron chi connectivity index (χ4n) is 1.67. The predicted octanol–water partition coefficient (Wildman–Crippen LogP) is 1.72. The van der Waals surface area contributed by atoms with Crippen molar-refractivity contribution in [1.82, 2.24) is 15.0 Å². The van der Waals surface area contributed by atoms with Gasteiger partial charge in [-0.3, -0.25) is 4.98 Å². The number of hydrogen-bond acceptors (Lipinski definition) is 4. The minimum atomic E-state index is 0.228. The van der Waals surface area contributed by atoms with Crippen molar-refractivity contribution in [2.45, 2.75) is 13.8 Å². The van der Waals surface area contributed by atoms with E-state index in [1.807, 2.05) is 26.0 Å². The summed E-state index contributed by atoms with van der Waals surface area (Å²) in [7, 11) is 0. The van der Waals surface area contributed by atoms with Gasteiger partial charge in [-0.15, -0.1) is 6.42 Å². The Labute approximate surface area is 99.9 Å². The number of hydrogen-bond donors (Lipinski definition) is 1. The quantitative estimate of drug-likeness (QED) is 0.749. The van der Waals surface area contributed by atoms with Crippen LogP contribution in [0.2, 0.25) is 0 Å². The van der Waals surface area contributed by atoms with Gasteiger partial charge in [0.25, 0.3) is 0 Å². The third-order valence-electron chi connectivity index (χ3n) is 2.42. The molecule has 0 aromatic carbocycles. The lowest BCUT2D eigenvalue weighted by Gasteiger charge is -2.07. The summed E-state index contributed by atoms with van der Waals surface area (Å²) in [5, 5.41) is 0. The highest BCUT2D eigenvalue weighted by Gasteiger charge is 2.10. The molecule has 0 atom stereocenters. The Hall–Kier alpha value is -2.41. The number of pyridine rings is 1. The maximum Gasteiger partial charge on any atom is 0.220 e. The number of terminal acetylenes is 1. The van der Waals surface area contributed by atoms with Crippen molar-refractivity contribution in [2.75, 3.05) is 5.73 Å². The Morgan fingerprint density at radius 2 is 2.06 bits per heavy atom. The molecule has 2 N–H and O–H groups in total. The zero-order valence-electron chi connectivity index (χ0n) is 9.73. The van der Waals surface area contributed by atoms with Gasteiger partial charge in [-0.1, -0.05) is 5.92 Å². The second-order valence-electron chi connectivity index (χ2n) is 3.72. The van der Waals surface area contributed by atoms with E-state index in [-0.39, 0.29) is 5.95 Å². The Morgan fingerprint density at radius 1 is 1.29 bits per heavy atom. The Bertz CT molecular complexity index is 611. The molecular weight excluding hydrogens is 212 g/mol. The van der Waals surface area contributed by atoms with E-state index in [9.17, 15) is 0 Å². The summed E-state index contributed by atoms with van der Waals surface area (Å²) < 4.78 is 0. The number of nitrogen functional groups attached to an aromatic ring is 1. The van der Waals surface area contributed by atoms with Crippen molar-refractivity contribution in [3.8, 4) is 23.6 Å². The summed E-state index contributed by atoms with van der Waals surface area (Å²) >= 11 is 0. The minimum Gasteiger partial charge on any atom is -0.368 e. The molecule has 0 aliphatic rings. The first kappa shape index (κ1) is 11.1. The molecule has 0 aliphatic heterocycles. The van der Waals surface area contributed by atoms with E-state index in [4.69, 9.17) is 12.2 Å². The molecule has 4 heteroatoms. The molecule has 0 aliphatic carbocycles. The Kier molecular flexibility index (Phi) is 2.75. The summed E-state index contributed by atoms with van der Waals surface area (Å²) in [5.41, 5.74) is 9.53. The zero-order chi connectivity index (χ0) is 12.4. The summed E-state index contributed by atoms with van der Waals surface area (Å²) in [4.78, 5) is 12.4. The second kappa shape index (κ2) is 4.22. The first-order valence-electron chi connectivity index (χ1n) is 5.15. The van der Waals surface area contributed by atoms with Crippen molar-refractivity contribution < 1.29 is 0 Å². The van der Waals surface area contributed by atoms with E-state index >= 15 is 0 Å². The Morgan fingerprint density at radius 3 is 2.71 bits per heavy atom. The number of aryl methyl sites for hydroxylation is 2. The number of rotatable bonds is 1. The van der Waals surface area contributed by atoms with Crippen LogP contribution in [0.1, 0.15) is 17.0 Å². The highest BCUT2D eigenvalue weighted by Crippen LogP contribution is 2.23. The Balaban J connectivity index is 2.71. The first-order valence-corrected chi connectivity index (χ1v) is 5.15. The molecule has 0 radical (unpaired) electrons. The molecule has 0 bridgehead atoms. The van der Waals surface area contributed by atoms with Gasteiger partial charge in [-0.25, -0.2) is 9.97 Å². The second-order valence-corrected chi connectivity index (χ2v) is 3.72. The maximum absolute atomic E-state index is 5.65. The standard InChI is InChI=1S/C13H12N4/c1-4-11-9(3)16-13(14)17-12(11)10-5-6-15-8(2)7-10/h1,5-7H,2-3H3,(H2,14,16,17). The number of anilines is 1. The molecule has 4 nitrogen and oxygen atoms in total. The lowest BCUT2D eigenvalue weighted by Crippen LogP contribution is -2.02. The SMILES string of the molecule is C#Cc1c(C)nc(N)nc1-c1ccnc(C)c1. The van der Waals surface area contributed by atoms with E-state index in [0.29, 0.717) is 17.0 Å². The van der Waals surface area contributed by atoms with Crippen molar-refractivity contribution in [3.63, 3.8) is 0 Å². The van der Waals surface area contributed by atoms with Crippen LogP contribution in [0.4, 0.5) is 5.95 Å². The van der Waals surface area contributed by atoms with Crippen LogP contribution in [0, 0.1) is 26.2 Å². The van der Waals surface area contributed by atoms with E-state index in [1.54, 1.807) is 6.20 Å². The van der Waals surface area contributed by atoms with E-state index in [2.05, 4.69) is 20.9 Å². The van der Waals surface area contributed by atoms with Crippen molar-refractivity contribution in [2.24, 2.45) is 0 Å². The van der Waals surface area contributed by atoms with Crippen LogP contribution < -0.4 is 5.73 Å². The average Bonchev–Trinajstić information content (AvgIpc) is 2.28. The van der Waals surface area contributed by atoms with Crippen LogP contribution in [0.3, 0.4) is 0 Å². The number of aromatic nitrogens is 3. The van der Waals surface area contributed by atoms with Gasteiger partial charge >= 0.3 is 0 Å². The van der Waals surface area contributed by atoms with Crippen LogP contribution >= 0.6 is 0 Å². The summed E-state index contributed by atoms with van der Waals surface area (Å²) in [6.45, 7) is 3.74. The molecule has 0 fully saturated rings. The summed E-state index contributed by atoms with van der Waals surface area (Å²) in [6, 6.07) is 3.77. The molecule has 2 heterocycles. The topological polar surface area (TPSA) is 64.7 Å². The fourth-order valence-corrected chi connectivity index (χ4v) is 1.67. The van der Waals surface area contributed by atoms with Crippen molar-refractivity contribution >= 4 is 5.95 Å². The molecule has 2 aromatic heterocycles. The fraction of sp³-hybridized carbons (Fsp3) is 0.154. The van der Waals surface area contributed by atoms with Crippen molar-refractivity contribution in [3.05, 3.63) is 35.3 Å². The van der Waals surface area contributed by atoms with Gasteiger partial charge < -0.3 is 5.73 Å². The third-order valence-corrected chi connectivity index (χ3v) is 2.42. The van der Waals surface area contributed by atoms with Crippen LogP contribution in [-0.2, 0) is 0 Å². The molecule has 0 saturated heterocycles. The zero-order valence-corrected chi connectivity index (χ0v) is 9.73. The van der Waals surface area contributed by atoms with E-state index in [1.165, 1.54) is 0 Å². The molecule has 0 amide bonds. The van der Waals surface area contributed by atoms with Crippen LogP contribution in [-0.4, -0.2) is 15.0 Å². The van der Waals surface area contributed by atoms with Gasteiger partial charge in [-0.2, -0.15) is 0 Å². The molecule has 0 unspecified atom stereocenters. The maximum atomic E-state index is 5.65. The largest absolute Gasteiger partial charge is 0.368 e. The highest BCUT2D eigenvalue weighted by atomic mass is 15.0. The van der Waals surface area contributed by atoms with Gasteiger partial charge in [0.2, 0.25) is 5.95 Å². The molecular formula is C13H12N4. The van der Waals surface area contributed by atoms with Crippen LogP contribution in [0.15, 0.2) is 18.3 Å². The molecule has 2 aromatic rings. The monoisotopic (exact) mass is 224 g/mol. The van der Waals surface area contributed by atoms with E-state index < -0.39 is 0 Å². The number of nitrogens with two attached hydrogens (primary N) is 1. The smallest absolute Gasteiger partial charge is 0.220 e. The van der Waals surface area contributed by atoms with Crippen molar-refractivity contribution in [1.29, 1.82) is 0 Å². The van der Waals surface area contributed by atoms with Crippen LogP contribution in [0.25, 0.3) is 11.3 Å². The molecule has 0 spiro atoms. The minimum absolute atomic E-state index is 0.228. The average molecular weight is 224 g/mol. The lowest BCUT2D eigenvalue weighted by atomic mass is 10.1. The highest BCUT2D eigenvalue weighted by molar-refractivity contribution is 5.69. The molecule has 2 rings (SSSR count). The third kappa shape index (κ3) is 2.08. The van der Waals surface area contributed by atoms with Gasteiger partial charge in [0.1, 0.15) is 0 Å². The molecule has 84 valence electrons. The van der Waals surface area contributed by atoms with Gasteiger partial charge in [0.15, 0.2) is 0 Å². The molecule has 0 saturated carbocycles.